The van der Waals surface area contributed by atoms with Crippen LogP contribution in [0.15, 0.2) is 12.1 Å². The van der Waals surface area contributed by atoms with Crippen LogP contribution in [-0.4, -0.2) is 22.5 Å². The molecular weight excluding hydrogens is 261 g/mol. The predicted molar refractivity (Wildman–Crippen MR) is 72.2 cm³/mol. The van der Waals surface area contributed by atoms with E-state index in [9.17, 15) is 19.1 Å². The molecule has 5 heteroatoms. The number of nitrogens with one attached hydrogen (secondary N) is 1. The van der Waals surface area contributed by atoms with Gasteiger partial charge in [0.25, 0.3) is 5.91 Å². The molecule has 20 heavy (non-hydrogen) atoms. The van der Waals surface area contributed by atoms with E-state index in [2.05, 4.69) is 5.32 Å². The van der Waals surface area contributed by atoms with Crippen molar-refractivity contribution >= 4 is 11.9 Å². The van der Waals surface area contributed by atoms with Gasteiger partial charge in [-0.05, 0) is 49.9 Å². The van der Waals surface area contributed by atoms with Crippen molar-refractivity contribution in [1.82, 2.24) is 5.32 Å². The Bertz CT molecular complexity index is 539. The zero-order valence-electron chi connectivity index (χ0n) is 11.6. The maximum absolute atomic E-state index is 13.6. The molecule has 0 saturated heterocycles. The minimum Gasteiger partial charge on any atom is -0.480 e. The Balaban J connectivity index is 2.26. The van der Waals surface area contributed by atoms with Crippen LogP contribution < -0.4 is 5.32 Å². The maximum Gasteiger partial charge on any atom is 0.329 e. The fourth-order valence-corrected chi connectivity index (χ4v) is 2.74. The lowest BCUT2D eigenvalue weighted by molar-refractivity contribution is -0.144. The number of hydrogen-bond acceptors (Lipinski definition) is 2. The first kappa shape index (κ1) is 14.5. The van der Waals surface area contributed by atoms with Gasteiger partial charge in [-0.2, -0.15) is 0 Å². The van der Waals surface area contributed by atoms with E-state index in [1.54, 1.807) is 13.8 Å². The van der Waals surface area contributed by atoms with E-state index in [4.69, 9.17) is 0 Å². The minimum atomic E-state index is -1.17. The molecule has 0 bridgehead atoms. The van der Waals surface area contributed by atoms with Crippen molar-refractivity contribution in [2.24, 2.45) is 0 Å². The summed E-state index contributed by atoms with van der Waals surface area (Å²) in [4.78, 5) is 23.6. The van der Waals surface area contributed by atoms with Gasteiger partial charge in [-0.1, -0.05) is 12.8 Å². The molecule has 4 nitrogen and oxygen atoms in total. The zero-order chi connectivity index (χ0) is 14.9. The third-order valence-corrected chi connectivity index (χ3v) is 3.92. The highest BCUT2D eigenvalue weighted by Gasteiger charge is 2.42. The Labute approximate surface area is 117 Å². The van der Waals surface area contributed by atoms with Crippen LogP contribution in [0.5, 0.6) is 0 Å². The summed E-state index contributed by atoms with van der Waals surface area (Å²) >= 11 is 0. The number of aryl methyl sites for hydroxylation is 2. The molecular formula is C15H18FNO3. The molecule has 2 rings (SSSR count). The van der Waals surface area contributed by atoms with Crippen molar-refractivity contribution < 1.29 is 19.1 Å². The lowest BCUT2D eigenvalue weighted by Crippen LogP contribution is -2.52. The lowest BCUT2D eigenvalue weighted by atomic mass is 9.96. The number of carboxylic acid groups (broad SMARTS) is 1. The van der Waals surface area contributed by atoms with E-state index in [1.807, 2.05) is 0 Å². The molecule has 0 aromatic heterocycles. The number of benzene rings is 1. The average Bonchev–Trinajstić information content (AvgIpc) is 2.85. The van der Waals surface area contributed by atoms with Crippen molar-refractivity contribution in [3.8, 4) is 0 Å². The highest BCUT2D eigenvalue weighted by Crippen LogP contribution is 2.30. The molecule has 1 aliphatic rings. The van der Waals surface area contributed by atoms with Gasteiger partial charge >= 0.3 is 5.97 Å². The van der Waals surface area contributed by atoms with Crippen LogP contribution >= 0.6 is 0 Å². The molecule has 108 valence electrons. The van der Waals surface area contributed by atoms with Gasteiger partial charge in [-0.25, -0.2) is 9.18 Å². The molecule has 0 spiro atoms. The predicted octanol–water partition coefficient (Wildman–Crippen LogP) is 2.57. The first-order chi connectivity index (χ1) is 9.35. The van der Waals surface area contributed by atoms with Crippen LogP contribution in [0, 0.1) is 19.7 Å². The van der Waals surface area contributed by atoms with Gasteiger partial charge in [-0.15, -0.1) is 0 Å². The van der Waals surface area contributed by atoms with Gasteiger partial charge in [0.1, 0.15) is 11.4 Å². The highest BCUT2D eigenvalue weighted by molar-refractivity contribution is 5.98. The molecule has 1 aromatic carbocycles. The van der Waals surface area contributed by atoms with Gasteiger partial charge in [0, 0.05) is 5.56 Å². The summed E-state index contributed by atoms with van der Waals surface area (Å²) in [5.74, 6) is -1.80. The number of carbonyl (C=O) groups excluding carboxylic acids is 1. The van der Waals surface area contributed by atoms with E-state index >= 15 is 0 Å². The number of amides is 1. The smallest absolute Gasteiger partial charge is 0.329 e. The van der Waals surface area contributed by atoms with E-state index in [0.717, 1.165) is 12.8 Å². The average molecular weight is 279 g/mol. The van der Waals surface area contributed by atoms with Gasteiger partial charge in [0.05, 0.1) is 0 Å². The summed E-state index contributed by atoms with van der Waals surface area (Å²) in [6, 6.07) is 2.89. The van der Waals surface area contributed by atoms with Crippen LogP contribution in [0.2, 0.25) is 0 Å². The van der Waals surface area contributed by atoms with Crippen molar-refractivity contribution in [1.29, 1.82) is 0 Å². The molecule has 0 unspecified atom stereocenters. The number of halogens is 1. The second-order valence-electron chi connectivity index (χ2n) is 5.47. The molecule has 1 aromatic rings. The van der Waals surface area contributed by atoms with Gasteiger partial charge < -0.3 is 10.4 Å². The van der Waals surface area contributed by atoms with Crippen molar-refractivity contribution in [2.75, 3.05) is 0 Å². The summed E-state index contributed by atoms with van der Waals surface area (Å²) in [5.41, 5.74) is -0.112. The van der Waals surface area contributed by atoms with E-state index in [1.165, 1.54) is 12.1 Å². The molecule has 0 aliphatic heterocycles. The highest BCUT2D eigenvalue weighted by atomic mass is 19.1. The molecule has 1 aliphatic carbocycles. The summed E-state index contributed by atoms with van der Waals surface area (Å²) in [6.07, 6.45) is 2.45. The number of aliphatic carboxylic acids is 1. The zero-order valence-corrected chi connectivity index (χ0v) is 11.6. The van der Waals surface area contributed by atoms with Crippen LogP contribution in [0.4, 0.5) is 4.39 Å². The second-order valence-corrected chi connectivity index (χ2v) is 5.47. The molecule has 2 N–H and O–H groups in total. The fourth-order valence-electron chi connectivity index (χ4n) is 2.74. The molecule has 0 atom stereocenters. The Morgan fingerprint density at radius 1 is 1.20 bits per heavy atom. The quantitative estimate of drug-likeness (QED) is 0.893. The normalized spacial score (nSPS) is 16.9. The van der Waals surface area contributed by atoms with Crippen molar-refractivity contribution in [3.05, 3.63) is 34.6 Å². The lowest BCUT2D eigenvalue weighted by Gasteiger charge is -2.25. The van der Waals surface area contributed by atoms with Crippen LogP contribution in [0.1, 0.15) is 47.2 Å². The second kappa shape index (κ2) is 5.23. The fraction of sp³-hybridized carbons (Fsp3) is 0.467. The summed E-state index contributed by atoms with van der Waals surface area (Å²) in [5, 5.41) is 12.0. The number of carboxylic acids is 1. The molecule has 1 saturated carbocycles. The standard InChI is InChI=1S/C15H18FNO3/c1-9-7-11(8-10(2)12(9)16)13(18)17-15(14(19)20)5-3-4-6-15/h7-8H,3-6H2,1-2H3,(H,17,18)(H,19,20). The summed E-state index contributed by atoms with van der Waals surface area (Å²) in [7, 11) is 0. The number of carbonyl (C=O) groups is 2. The summed E-state index contributed by atoms with van der Waals surface area (Å²) in [6.45, 7) is 3.17. The van der Waals surface area contributed by atoms with Gasteiger partial charge in [0.15, 0.2) is 0 Å². The number of rotatable bonds is 3. The SMILES string of the molecule is Cc1cc(C(=O)NC2(C(=O)O)CCCC2)cc(C)c1F. The van der Waals surface area contributed by atoms with Gasteiger partial charge in [-0.3, -0.25) is 4.79 Å². The topological polar surface area (TPSA) is 66.4 Å². The van der Waals surface area contributed by atoms with Gasteiger partial charge in [0.2, 0.25) is 0 Å². The molecule has 1 fully saturated rings. The first-order valence-corrected chi connectivity index (χ1v) is 6.68. The van der Waals surface area contributed by atoms with E-state index < -0.39 is 17.4 Å². The van der Waals surface area contributed by atoms with Crippen molar-refractivity contribution in [2.45, 2.75) is 45.1 Å². The minimum absolute atomic E-state index is 0.300. The molecule has 0 radical (unpaired) electrons. The third-order valence-electron chi connectivity index (χ3n) is 3.92. The Morgan fingerprint density at radius 3 is 2.15 bits per heavy atom. The van der Waals surface area contributed by atoms with E-state index in [0.29, 0.717) is 29.5 Å². The summed E-state index contributed by atoms with van der Waals surface area (Å²) < 4.78 is 13.6. The Hall–Kier alpha value is -1.91. The first-order valence-electron chi connectivity index (χ1n) is 6.68. The maximum atomic E-state index is 13.6. The monoisotopic (exact) mass is 279 g/mol. The molecule has 0 heterocycles. The van der Waals surface area contributed by atoms with Crippen LogP contribution in [0.3, 0.4) is 0 Å². The van der Waals surface area contributed by atoms with Crippen molar-refractivity contribution in [3.63, 3.8) is 0 Å². The number of hydrogen-bond donors (Lipinski definition) is 2. The third kappa shape index (κ3) is 2.53. The largest absolute Gasteiger partial charge is 0.480 e. The molecule has 1 amide bonds. The Kier molecular flexibility index (Phi) is 3.79. The van der Waals surface area contributed by atoms with Crippen LogP contribution in [-0.2, 0) is 4.79 Å². The Morgan fingerprint density at radius 2 is 1.70 bits per heavy atom. The van der Waals surface area contributed by atoms with Crippen LogP contribution in [0.25, 0.3) is 0 Å². The van der Waals surface area contributed by atoms with E-state index in [-0.39, 0.29) is 5.82 Å².